The number of benzene rings is 2. The second-order valence-corrected chi connectivity index (χ2v) is 9.23. The minimum Gasteiger partial charge on any atom is -0.467 e. The van der Waals surface area contributed by atoms with Gasteiger partial charge in [0.1, 0.15) is 11.8 Å². The van der Waals surface area contributed by atoms with Gasteiger partial charge in [-0.3, -0.25) is 14.4 Å². The van der Waals surface area contributed by atoms with Gasteiger partial charge in [-0.2, -0.15) is 0 Å². The van der Waals surface area contributed by atoms with Crippen LogP contribution in [0.3, 0.4) is 0 Å². The van der Waals surface area contributed by atoms with E-state index in [1.165, 1.54) is 16.2 Å². The largest absolute Gasteiger partial charge is 0.467 e. The number of carbonyl (C=O) groups excluding carboxylic acids is 3. The Kier molecular flexibility index (Phi) is 8.31. The lowest BCUT2D eigenvalue weighted by Gasteiger charge is -2.31. The Morgan fingerprint density at radius 1 is 0.917 bits per heavy atom. The molecule has 1 atom stereocenters. The molecule has 0 bridgehead atoms. The van der Waals surface area contributed by atoms with E-state index in [-0.39, 0.29) is 37.4 Å². The Hall–Kier alpha value is -4.17. The van der Waals surface area contributed by atoms with Crippen molar-refractivity contribution in [1.29, 1.82) is 0 Å². The molecule has 2 aromatic carbocycles. The average Bonchev–Trinajstić information content (AvgIpc) is 3.62. The van der Waals surface area contributed by atoms with Crippen molar-refractivity contribution in [3.8, 4) is 0 Å². The molecule has 36 heavy (non-hydrogen) atoms. The molecule has 2 aromatic heterocycles. The number of thiophene rings is 1. The quantitative estimate of drug-likeness (QED) is 0.336. The van der Waals surface area contributed by atoms with E-state index in [4.69, 9.17) is 4.42 Å². The van der Waals surface area contributed by atoms with E-state index in [0.29, 0.717) is 16.2 Å². The van der Waals surface area contributed by atoms with Crippen LogP contribution in [0.5, 0.6) is 0 Å². The maximum Gasteiger partial charge on any atom is 0.261 e. The van der Waals surface area contributed by atoms with Gasteiger partial charge in [0, 0.05) is 6.54 Å². The van der Waals surface area contributed by atoms with Crippen molar-refractivity contribution in [1.82, 2.24) is 15.5 Å². The van der Waals surface area contributed by atoms with Gasteiger partial charge in [-0.1, -0.05) is 66.2 Å². The number of rotatable bonds is 10. The molecule has 3 amide bonds. The number of carbonyl (C=O) groups is 3. The van der Waals surface area contributed by atoms with Gasteiger partial charge in [-0.25, -0.2) is 0 Å². The molecule has 0 radical (unpaired) electrons. The lowest BCUT2D eigenvalue weighted by molar-refractivity contribution is -0.141. The lowest BCUT2D eigenvalue weighted by atomic mass is 10.0. The minimum atomic E-state index is -0.910. The van der Waals surface area contributed by atoms with Gasteiger partial charge in [-0.05, 0) is 41.6 Å². The van der Waals surface area contributed by atoms with Gasteiger partial charge in [0.2, 0.25) is 11.8 Å². The highest BCUT2D eigenvalue weighted by Gasteiger charge is 2.32. The van der Waals surface area contributed by atoms with E-state index < -0.39 is 6.04 Å². The van der Waals surface area contributed by atoms with Crippen LogP contribution in [-0.4, -0.2) is 29.2 Å². The molecule has 184 valence electrons. The Morgan fingerprint density at radius 3 is 2.36 bits per heavy atom. The van der Waals surface area contributed by atoms with Crippen molar-refractivity contribution in [3.63, 3.8) is 0 Å². The summed E-state index contributed by atoms with van der Waals surface area (Å²) in [6.07, 6.45) is 1.54. The predicted octanol–water partition coefficient (Wildman–Crippen LogP) is 4.47. The van der Waals surface area contributed by atoms with Crippen LogP contribution in [0.1, 0.15) is 38.2 Å². The number of hydrogen-bond acceptors (Lipinski definition) is 5. The summed E-state index contributed by atoms with van der Waals surface area (Å²) in [4.78, 5) is 41.6. The zero-order valence-corrected chi connectivity index (χ0v) is 20.7. The predicted molar refractivity (Wildman–Crippen MR) is 138 cm³/mol. The number of nitrogens with zero attached hydrogens (tertiary/aromatic N) is 1. The Morgan fingerprint density at radius 2 is 1.69 bits per heavy atom. The van der Waals surface area contributed by atoms with Gasteiger partial charge in [0.25, 0.3) is 5.91 Å². The maximum atomic E-state index is 13.6. The van der Waals surface area contributed by atoms with E-state index >= 15 is 0 Å². The first kappa shape index (κ1) is 24.9. The zero-order valence-electron chi connectivity index (χ0n) is 19.8. The first-order valence-corrected chi connectivity index (χ1v) is 12.4. The normalized spacial score (nSPS) is 11.5. The summed E-state index contributed by atoms with van der Waals surface area (Å²) >= 11 is 1.30. The number of nitrogens with one attached hydrogen (secondary N) is 2. The molecule has 7 nitrogen and oxygen atoms in total. The van der Waals surface area contributed by atoms with Crippen LogP contribution in [-0.2, 0) is 22.7 Å². The summed E-state index contributed by atoms with van der Waals surface area (Å²) < 4.78 is 5.35. The molecule has 0 saturated carbocycles. The van der Waals surface area contributed by atoms with E-state index in [1.54, 1.807) is 35.9 Å². The molecule has 0 spiro atoms. The molecular formula is C28H27N3O4S. The van der Waals surface area contributed by atoms with Gasteiger partial charge in [0.05, 0.1) is 24.2 Å². The minimum absolute atomic E-state index is 0.191. The topological polar surface area (TPSA) is 91.7 Å². The molecule has 0 unspecified atom stereocenters. The highest BCUT2D eigenvalue weighted by molar-refractivity contribution is 7.12. The van der Waals surface area contributed by atoms with E-state index in [1.807, 2.05) is 61.5 Å². The van der Waals surface area contributed by atoms with Crippen molar-refractivity contribution in [3.05, 3.63) is 118 Å². The van der Waals surface area contributed by atoms with Crippen LogP contribution >= 0.6 is 11.3 Å². The summed E-state index contributed by atoms with van der Waals surface area (Å²) in [6.45, 7) is 2.11. The Balaban J connectivity index is 1.62. The summed E-state index contributed by atoms with van der Waals surface area (Å²) in [5, 5.41) is 7.39. The molecule has 8 heteroatoms. The second kappa shape index (κ2) is 12.0. The molecule has 0 aliphatic rings. The van der Waals surface area contributed by atoms with Crippen LogP contribution in [0, 0.1) is 6.92 Å². The smallest absolute Gasteiger partial charge is 0.261 e. The SMILES string of the molecule is Cc1ccc([C@@H](C(=O)NCc2ccco2)N(Cc2ccccc2)C(=O)CNC(=O)c2cccs2)cc1. The van der Waals surface area contributed by atoms with Crippen molar-refractivity contribution >= 4 is 29.1 Å². The first-order valence-electron chi connectivity index (χ1n) is 11.5. The van der Waals surface area contributed by atoms with E-state index in [2.05, 4.69) is 10.6 Å². The fourth-order valence-electron chi connectivity index (χ4n) is 3.76. The molecular weight excluding hydrogens is 474 g/mol. The molecule has 4 rings (SSSR count). The number of aryl methyl sites for hydroxylation is 1. The highest BCUT2D eigenvalue weighted by Crippen LogP contribution is 2.25. The fraction of sp³-hybridized carbons (Fsp3) is 0.179. The van der Waals surface area contributed by atoms with E-state index in [9.17, 15) is 14.4 Å². The second-order valence-electron chi connectivity index (χ2n) is 8.28. The molecule has 0 aliphatic carbocycles. The van der Waals surface area contributed by atoms with Crippen LogP contribution < -0.4 is 10.6 Å². The standard InChI is InChI=1S/C28H27N3O4S/c1-20-11-13-22(14-12-20)26(28(34)29-17-23-9-5-15-35-23)31(19-21-7-3-2-4-8-21)25(32)18-30-27(33)24-10-6-16-36-24/h2-16,26H,17-19H2,1H3,(H,29,34)(H,30,33)/t26-/m0/s1. The molecule has 0 saturated heterocycles. The lowest BCUT2D eigenvalue weighted by Crippen LogP contribution is -2.46. The van der Waals surface area contributed by atoms with Crippen molar-refractivity contribution in [2.24, 2.45) is 0 Å². The summed E-state index contributed by atoms with van der Waals surface area (Å²) in [6, 6.07) is 23.1. The Bertz CT molecular complexity index is 1270. The van der Waals surface area contributed by atoms with Crippen molar-refractivity contribution in [2.75, 3.05) is 6.54 Å². The third kappa shape index (κ3) is 6.49. The average molecular weight is 502 g/mol. The van der Waals surface area contributed by atoms with Crippen LogP contribution in [0.4, 0.5) is 0 Å². The molecule has 0 fully saturated rings. The van der Waals surface area contributed by atoms with Crippen molar-refractivity contribution in [2.45, 2.75) is 26.1 Å². The zero-order chi connectivity index (χ0) is 25.3. The number of hydrogen-bond donors (Lipinski definition) is 2. The van der Waals surface area contributed by atoms with Crippen molar-refractivity contribution < 1.29 is 18.8 Å². The summed E-state index contributed by atoms with van der Waals surface area (Å²) in [5.41, 5.74) is 2.58. The van der Waals surface area contributed by atoms with Gasteiger partial charge < -0.3 is 20.0 Å². The van der Waals surface area contributed by atoms with Gasteiger partial charge in [0.15, 0.2) is 0 Å². The Labute approximate surface area is 213 Å². The summed E-state index contributed by atoms with van der Waals surface area (Å²) in [5.74, 6) is -0.436. The number of furan rings is 1. The molecule has 0 aliphatic heterocycles. The third-order valence-electron chi connectivity index (χ3n) is 5.63. The van der Waals surface area contributed by atoms with Crippen LogP contribution in [0.2, 0.25) is 0 Å². The maximum absolute atomic E-state index is 13.6. The van der Waals surface area contributed by atoms with Crippen LogP contribution in [0.25, 0.3) is 0 Å². The summed E-state index contributed by atoms with van der Waals surface area (Å²) in [7, 11) is 0. The molecule has 2 N–H and O–H groups in total. The van der Waals surface area contributed by atoms with Gasteiger partial charge in [-0.15, -0.1) is 11.3 Å². The first-order chi connectivity index (χ1) is 17.5. The molecule has 4 aromatic rings. The third-order valence-corrected chi connectivity index (χ3v) is 6.50. The molecule has 2 heterocycles. The van der Waals surface area contributed by atoms with E-state index in [0.717, 1.165) is 11.1 Å². The number of amides is 3. The van der Waals surface area contributed by atoms with Crippen LogP contribution in [0.15, 0.2) is 94.9 Å². The van der Waals surface area contributed by atoms with Gasteiger partial charge >= 0.3 is 0 Å². The highest BCUT2D eigenvalue weighted by atomic mass is 32.1. The fourth-order valence-corrected chi connectivity index (χ4v) is 4.40. The monoisotopic (exact) mass is 501 g/mol.